The van der Waals surface area contributed by atoms with E-state index in [1.54, 1.807) is 0 Å². The highest BCUT2D eigenvalue weighted by atomic mass is 19.4. The summed E-state index contributed by atoms with van der Waals surface area (Å²) in [6.07, 6.45) is -9.41. The molecule has 0 bridgehead atoms. The summed E-state index contributed by atoms with van der Waals surface area (Å²) in [6.45, 7) is 1.98. The second-order valence-electron chi connectivity index (χ2n) is 5.07. The number of ether oxygens (including phenoxy) is 1. The van der Waals surface area contributed by atoms with Crippen molar-refractivity contribution in [3.63, 3.8) is 0 Å². The van der Waals surface area contributed by atoms with Crippen LogP contribution in [-0.2, 0) is 4.74 Å². The third-order valence-corrected chi connectivity index (χ3v) is 3.47. The predicted molar refractivity (Wildman–Crippen MR) is 66.5 cm³/mol. The van der Waals surface area contributed by atoms with Gasteiger partial charge in [-0.15, -0.1) is 0 Å². The van der Waals surface area contributed by atoms with Crippen LogP contribution in [-0.4, -0.2) is 47.9 Å². The quantitative estimate of drug-likeness (QED) is 0.690. The SMILES string of the molecule is CCC1=NC(C(F)(F)F)(C(F)(F)F)N=C(N2CCCCC2)O1. The van der Waals surface area contributed by atoms with Crippen LogP contribution < -0.4 is 0 Å². The van der Waals surface area contributed by atoms with Crippen molar-refractivity contribution in [3.05, 3.63) is 0 Å². The van der Waals surface area contributed by atoms with Gasteiger partial charge in [0.15, 0.2) is 5.90 Å². The van der Waals surface area contributed by atoms with Gasteiger partial charge in [0.1, 0.15) is 0 Å². The van der Waals surface area contributed by atoms with Crippen LogP contribution in [0.5, 0.6) is 0 Å². The summed E-state index contributed by atoms with van der Waals surface area (Å²) in [5.41, 5.74) is -4.49. The molecule has 0 spiro atoms. The fourth-order valence-electron chi connectivity index (χ4n) is 2.28. The second-order valence-corrected chi connectivity index (χ2v) is 5.07. The van der Waals surface area contributed by atoms with Crippen LogP contribution in [0.15, 0.2) is 9.98 Å². The van der Waals surface area contributed by atoms with Crippen LogP contribution in [0, 0.1) is 0 Å². The molecule has 0 aromatic heterocycles. The Morgan fingerprint density at radius 2 is 1.55 bits per heavy atom. The van der Waals surface area contributed by atoms with E-state index >= 15 is 0 Å². The number of piperidine rings is 1. The molecule has 126 valence electrons. The smallest absolute Gasteiger partial charge is 0.411 e. The van der Waals surface area contributed by atoms with Crippen LogP contribution >= 0.6 is 0 Å². The minimum Gasteiger partial charge on any atom is -0.411 e. The molecule has 4 nitrogen and oxygen atoms in total. The molecule has 0 aliphatic carbocycles. The molecule has 1 saturated heterocycles. The van der Waals surface area contributed by atoms with Crippen molar-refractivity contribution in [2.75, 3.05) is 13.1 Å². The van der Waals surface area contributed by atoms with Crippen molar-refractivity contribution in [2.24, 2.45) is 9.98 Å². The largest absolute Gasteiger partial charge is 0.443 e. The molecule has 1 fully saturated rings. The number of nitrogens with zero attached hydrogens (tertiary/aromatic N) is 3. The van der Waals surface area contributed by atoms with E-state index in [1.807, 2.05) is 0 Å². The molecule has 0 aromatic carbocycles. The van der Waals surface area contributed by atoms with Crippen molar-refractivity contribution in [1.82, 2.24) is 4.90 Å². The zero-order valence-corrected chi connectivity index (χ0v) is 11.8. The molecule has 10 heteroatoms. The highest BCUT2D eigenvalue weighted by Crippen LogP contribution is 2.48. The zero-order chi connectivity index (χ0) is 16.6. The van der Waals surface area contributed by atoms with Gasteiger partial charge < -0.3 is 9.64 Å². The Morgan fingerprint density at radius 3 is 2.00 bits per heavy atom. The van der Waals surface area contributed by atoms with Gasteiger partial charge in [-0.3, -0.25) is 0 Å². The Kier molecular flexibility index (Phi) is 4.31. The maximum Gasteiger partial charge on any atom is 0.443 e. The topological polar surface area (TPSA) is 37.2 Å². The van der Waals surface area contributed by atoms with Gasteiger partial charge in [0.25, 0.3) is 6.02 Å². The summed E-state index contributed by atoms with van der Waals surface area (Å²) < 4.78 is 83.9. The van der Waals surface area contributed by atoms with Crippen LogP contribution in [0.3, 0.4) is 0 Å². The normalized spacial score (nSPS) is 22.8. The first-order chi connectivity index (χ1) is 10.1. The van der Waals surface area contributed by atoms with E-state index in [-0.39, 0.29) is 6.42 Å². The zero-order valence-electron chi connectivity index (χ0n) is 11.8. The van der Waals surface area contributed by atoms with Crippen LogP contribution in [0.25, 0.3) is 0 Å². The lowest BCUT2D eigenvalue weighted by atomic mass is 10.1. The fourth-order valence-corrected chi connectivity index (χ4v) is 2.28. The summed E-state index contributed by atoms with van der Waals surface area (Å²) in [4.78, 5) is 6.92. The molecule has 0 aromatic rings. The Morgan fingerprint density at radius 1 is 1.00 bits per heavy atom. The molecule has 2 rings (SSSR count). The van der Waals surface area contributed by atoms with Crippen molar-refractivity contribution in [1.29, 1.82) is 0 Å². The number of likely N-dealkylation sites (tertiary alicyclic amines) is 1. The standard InChI is InChI=1S/C12H15F6N3O/c1-2-8-19-10(11(13,14)15,12(16,17)18)20-9(22-8)21-6-4-3-5-7-21/h2-7H2,1H3. The van der Waals surface area contributed by atoms with Crippen molar-refractivity contribution in [2.45, 2.75) is 50.6 Å². The number of hydrogen-bond donors (Lipinski definition) is 0. The average Bonchev–Trinajstić information content (AvgIpc) is 2.45. The average molecular weight is 331 g/mol. The van der Waals surface area contributed by atoms with E-state index < -0.39 is 29.9 Å². The first-order valence-electron chi connectivity index (χ1n) is 6.85. The lowest BCUT2D eigenvalue weighted by Crippen LogP contribution is -2.58. The highest BCUT2D eigenvalue weighted by Gasteiger charge is 2.74. The van der Waals surface area contributed by atoms with E-state index in [2.05, 4.69) is 9.98 Å². The van der Waals surface area contributed by atoms with Crippen LogP contribution in [0.1, 0.15) is 32.6 Å². The number of hydrogen-bond acceptors (Lipinski definition) is 4. The van der Waals surface area contributed by atoms with Crippen LogP contribution in [0.2, 0.25) is 0 Å². The summed E-state index contributed by atoms with van der Waals surface area (Å²) >= 11 is 0. The number of halogens is 6. The minimum absolute atomic E-state index is 0.194. The maximum atomic E-state index is 13.1. The van der Waals surface area contributed by atoms with Gasteiger partial charge in [-0.25, -0.2) is 4.99 Å². The molecule has 0 radical (unpaired) electrons. The second kappa shape index (κ2) is 5.62. The Labute approximate surface area is 122 Å². The molecule has 0 N–H and O–H groups in total. The van der Waals surface area contributed by atoms with E-state index in [0.717, 1.165) is 6.42 Å². The molecule has 2 heterocycles. The number of rotatable bonds is 1. The minimum atomic E-state index is -5.70. The van der Waals surface area contributed by atoms with E-state index in [1.165, 1.54) is 11.8 Å². The molecular weight excluding hydrogens is 316 g/mol. The molecule has 0 atom stereocenters. The number of aliphatic imine (C=N–C) groups is 2. The van der Waals surface area contributed by atoms with Crippen molar-refractivity contribution < 1.29 is 31.1 Å². The highest BCUT2D eigenvalue weighted by molar-refractivity contribution is 5.92. The molecule has 0 unspecified atom stereocenters. The first kappa shape index (κ1) is 16.9. The maximum absolute atomic E-state index is 13.1. The third-order valence-electron chi connectivity index (χ3n) is 3.47. The molecule has 0 saturated carbocycles. The van der Waals surface area contributed by atoms with Gasteiger partial charge >= 0.3 is 18.0 Å². The van der Waals surface area contributed by atoms with Gasteiger partial charge in [0, 0.05) is 19.5 Å². The molecule has 2 aliphatic heterocycles. The van der Waals surface area contributed by atoms with E-state index in [9.17, 15) is 26.3 Å². The Bertz CT molecular complexity index is 462. The summed E-state index contributed by atoms with van der Waals surface area (Å²) in [6, 6.07) is -0.652. The van der Waals surface area contributed by atoms with Gasteiger partial charge in [-0.05, 0) is 19.3 Å². The van der Waals surface area contributed by atoms with E-state index in [4.69, 9.17) is 4.74 Å². The summed E-state index contributed by atoms with van der Waals surface area (Å²) in [5.74, 6) is -0.620. The van der Waals surface area contributed by atoms with Gasteiger partial charge in [0.2, 0.25) is 0 Å². The fraction of sp³-hybridized carbons (Fsp3) is 0.833. The van der Waals surface area contributed by atoms with Gasteiger partial charge in [-0.1, -0.05) is 6.92 Å². The third kappa shape index (κ3) is 2.87. The molecule has 2 aliphatic rings. The monoisotopic (exact) mass is 331 g/mol. The lowest BCUT2D eigenvalue weighted by Gasteiger charge is -2.37. The summed E-state index contributed by atoms with van der Waals surface area (Å²) in [7, 11) is 0. The first-order valence-corrected chi connectivity index (χ1v) is 6.85. The van der Waals surface area contributed by atoms with Gasteiger partial charge in [0.05, 0.1) is 0 Å². The van der Waals surface area contributed by atoms with E-state index in [0.29, 0.717) is 25.9 Å². The molecular formula is C12H15F6N3O. The number of amidine groups is 1. The lowest BCUT2D eigenvalue weighted by molar-refractivity contribution is -0.293. The van der Waals surface area contributed by atoms with Crippen molar-refractivity contribution >= 4 is 11.9 Å². The Balaban J connectivity index is 2.50. The van der Waals surface area contributed by atoms with Crippen LogP contribution in [0.4, 0.5) is 26.3 Å². The molecule has 22 heavy (non-hydrogen) atoms. The summed E-state index contributed by atoms with van der Waals surface area (Å²) in [5, 5.41) is 0. The number of alkyl halides is 6. The van der Waals surface area contributed by atoms with Crippen molar-refractivity contribution in [3.8, 4) is 0 Å². The predicted octanol–water partition coefficient (Wildman–Crippen LogP) is 3.49. The Hall–Kier alpha value is -1.48. The molecule has 0 amide bonds. The van der Waals surface area contributed by atoms with Gasteiger partial charge in [-0.2, -0.15) is 31.3 Å².